The van der Waals surface area contributed by atoms with Crippen molar-refractivity contribution in [3.8, 4) is 0 Å². The van der Waals surface area contributed by atoms with E-state index in [4.69, 9.17) is 0 Å². The Labute approximate surface area is 157 Å². The number of hydrogen-bond donors (Lipinski definition) is 0. The molecule has 2 heterocycles. The summed E-state index contributed by atoms with van der Waals surface area (Å²) in [6.45, 7) is 0. The zero-order chi connectivity index (χ0) is 18.1. The van der Waals surface area contributed by atoms with Gasteiger partial charge in [0.05, 0.1) is 5.75 Å². The molecule has 134 valence electrons. The molecule has 0 aliphatic heterocycles. The minimum absolute atomic E-state index is 0.106. The minimum Gasteiger partial charge on any atom is -0.303 e. The molecule has 1 aliphatic rings. The zero-order valence-corrected chi connectivity index (χ0v) is 15.3. The maximum atomic E-state index is 13.3. The van der Waals surface area contributed by atoms with Crippen molar-refractivity contribution in [2.75, 3.05) is 5.75 Å². The van der Waals surface area contributed by atoms with E-state index in [9.17, 15) is 13.6 Å². The first-order valence-corrected chi connectivity index (χ1v) is 10.1. The number of rotatable bonds is 7. The number of carbonyl (C=O) groups is 1. The van der Waals surface area contributed by atoms with Crippen LogP contribution in [0, 0.1) is 11.6 Å². The van der Waals surface area contributed by atoms with Crippen molar-refractivity contribution in [1.29, 1.82) is 0 Å². The molecule has 8 heteroatoms. The lowest BCUT2D eigenvalue weighted by Gasteiger charge is -2.08. The highest BCUT2D eigenvalue weighted by Crippen LogP contribution is 2.39. The predicted molar refractivity (Wildman–Crippen MR) is 96.8 cm³/mol. The predicted octanol–water partition coefficient (Wildman–Crippen LogP) is 4.52. The van der Waals surface area contributed by atoms with Crippen molar-refractivity contribution >= 4 is 28.9 Å². The second kappa shape index (κ2) is 7.28. The molecule has 0 radical (unpaired) electrons. The van der Waals surface area contributed by atoms with E-state index in [0.29, 0.717) is 11.2 Å². The lowest BCUT2D eigenvalue weighted by molar-refractivity contribution is 0.102. The number of benzene rings is 1. The summed E-state index contributed by atoms with van der Waals surface area (Å²) in [6.07, 6.45) is 2.89. The van der Waals surface area contributed by atoms with E-state index in [1.807, 2.05) is 11.4 Å². The lowest BCUT2D eigenvalue weighted by atomic mass is 10.1. The number of ketones is 1. The Hall–Kier alpha value is -2.06. The third kappa shape index (κ3) is 3.71. The summed E-state index contributed by atoms with van der Waals surface area (Å²) in [5.74, 6) is -1.23. The van der Waals surface area contributed by atoms with Crippen LogP contribution in [0.15, 0.2) is 40.9 Å². The topological polar surface area (TPSA) is 47.8 Å². The summed E-state index contributed by atoms with van der Waals surface area (Å²) in [7, 11) is 0. The van der Waals surface area contributed by atoms with Crippen molar-refractivity contribution in [3.05, 3.63) is 63.6 Å². The average molecular weight is 391 g/mol. The molecule has 1 saturated carbocycles. The van der Waals surface area contributed by atoms with Gasteiger partial charge in [-0.05, 0) is 42.5 Å². The van der Waals surface area contributed by atoms with Gasteiger partial charge in [-0.1, -0.05) is 17.8 Å². The molecule has 1 fully saturated rings. The standard InChI is InChI=1S/C18H15F2N3OS2/c19-14-6-3-11(8-15(14)20)16(24)10-26-18-22-21-17(23(18)12-4-5-12)9-13-2-1-7-25-13/h1-3,6-8,12H,4-5,9-10H2. The molecule has 0 atom stereocenters. The Morgan fingerprint density at radius 1 is 1.23 bits per heavy atom. The second-order valence-electron chi connectivity index (χ2n) is 6.10. The molecular weight excluding hydrogens is 376 g/mol. The van der Waals surface area contributed by atoms with Crippen LogP contribution < -0.4 is 0 Å². The minimum atomic E-state index is -1.01. The quantitative estimate of drug-likeness (QED) is 0.439. The number of thiophene rings is 1. The summed E-state index contributed by atoms with van der Waals surface area (Å²) >= 11 is 2.97. The van der Waals surface area contributed by atoms with Gasteiger partial charge < -0.3 is 4.57 Å². The molecule has 0 N–H and O–H groups in total. The largest absolute Gasteiger partial charge is 0.303 e. The number of aromatic nitrogens is 3. The van der Waals surface area contributed by atoms with E-state index in [2.05, 4.69) is 20.8 Å². The maximum Gasteiger partial charge on any atom is 0.191 e. The monoisotopic (exact) mass is 391 g/mol. The fraction of sp³-hybridized carbons (Fsp3) is 0.278. The van der Waals surface area contributed by atoms with E-state index >= 15 is 0 Å². The van der Waals surface area contributed by atoms with Gasteiger partial charge in [0.2, 0.25) is 0 Å². The summed E-state index contributed by atoms with van der Waals surface area (Å²) in [4.78, 5) is 13.5. The van der Waals surface area contributed by atoms with E-state index in [1.54, 1.807) is 11.3 Å². The van der Waals surface area contributed by atoms with Crippen LogP contribution in [0.4, 0.5) is 8.78 Å². The lowest BCUT2D eigenvalue weighted by Crippen LogP contribution is -2.07. The first-order chi connectivity index (χ1) is 12.6. The first kappa shape index (κ1) is 17.4. The van der Waals surface area contributed by atoms with Crippen molar-refractivity contribution < 1.29 is 13.6 Å². The number of halogens is 2. The molecule has 0 amide bonds. The van der Waals surface area contributed by atoms with Crippen LogP contribution in [0.5, 0.6) is 0 Å². The van der Waals surface area contributed by atoms with Crippen LogP contribution in [0.2, 0.25) is 0 Å². The molecule has 1 aromatic carbocycles. The number of Topliss-reactive ketones (excluding diaryl/α,β-unsaturated/α-hetero) is 1. The van der Waals surface area contributed by atoms with Crippen molar-refractivity contribution in [2.24, 2.45) is 0 Å². The van der Waals surface area contributed by atoms with Gasteiger partial charge in [0.1, 0.15) is 5.82 Å². The Kier molecular flexibility index (Phi) is 4.86. The van der Waals surface area contributed by atoms with Crippen LogP contribution in [-0.2, 0) is 6.42 Å². The first-order valence-electron chi connectivity index (χ1n) is 8.19. The van der Waals surface area contributed by atoms with Gasteiger partial charge in [0.15, 0.2) is 22.6 Å². The van der Waals surface area contributed by atoms with Crippen LogP contribution in [0.1, 0.15) is 39.9 Å². The van der Waals surface area contributed by atoms with Gasteiger partial charge in [-0.25, -0.2) is 8.78 Å². The maximum absolute atomic E-state index is 13.3. The number of nitrogens with zero attached hydrogens (tertiary/aromatic N) is 3. The fourth-order valence-corrected chi connectivity index (χ4v) is 4.30. The molecule has 0 spiro atoms. The molecule has 0 bridgehead atoms. The van der Waals surface area contributed by atoms with Gasteiger partial charge in [-0.3, -0.25) is 4.79 Å². The van der Waals surface area contributed by atoms with Crippen molar-refractivity contribution in [1.82, 2.24) is 14.8 Å². The number of thioether (sulfide) groups is 1. The van der Waals surface area contributed by atoms with E-state index in [1.165, 1.54) is 22.7 Å². The Morgan fingerprint density at radius 3 is 2.77 bits per heavy atom. The summed E-state index contributed by atoms with van der Waals surface area (Å²) in [5.41, 5.74) is 0.160. The number of hydrogen-bond acceptors (Lipinski definition) is 5. The van der Waals surface area contributed by atoms with E-state index < -0.39 is 11.6 Å². The van der Waals surface area contributed by atoms with Gasteiger partial charge in [-0.2, -0.15) is 0 Å². The molecule has 1 aliphatic carbocycles. The molecule has 4 rings (SSSR count). The van der Waals surface area contributed by atoms with Crippen LogP contribution in [-0.4, -0.2) is 26.3 Å². The smallest absolute Gasteiger partial charge is 0.191 e. The van der Waals surface area contributed by atoms with Crippen molar-refractivity contribution in [2.45, 2.75) is 30.5 Å². The third-order valence-electron chi connectivity index (χ3n) is 4.13. The van der Waals surface area contributed by atoms with E-state index in [-0.39, 0.29) is 17.1 Å². The molecule has 26 heavy (non-hydrogen) atoms. The third-order valence-corrected chi connectivity index (χ3v) is 5.95. The van der Waals surface area contributed by atoms with Gasteiger partial charge in [0, 0.05) is 22.9 Å². The normalized spacial score (nSPS) is 13.9. The van der Waals surface area contributed by atoms with Crippen LogP contribution in [0.25, 0.3) is 0 Å². The van der Waals surface area contributed by atoms with Gasteiger partial charge >= 0.3 is 0 Å². The molecule has 0 unspecified atom stereocenters. The SMILES string of the molecule is O=C(CSc1nnc(Cc2cccs2)n1C1CC1)c1ccc(F)c(F)c1. The van der Waals surface area contributed by atoms with Crippen molar-refractivity contribution in [3.63, 3.8) is 0 Å². The Balaban J connectivity index is 1.48. The van der Waals surface area contributed by atoms with Gasteiger partial charge in [0.25, 0.3) is 0 Å². The summed E-state index contributed by atoms with van der Waals surface area (Å²) < 4.78 is 28.4. The molecule has 2 aromatic heterocycles. The highest BCUT2D eigenvalue weighted by molar-refractivity contribution is 7.99. The second-order valence-corrected chi connectivity index (χ2v) is 8.07. The van der Waals surface area contributed by atoms with E-state index in [0.717, 1.165) is 37.2 Å². The Bertz CT molecular complexity index is 936. The number of carbonyl (C=O) groups excluding carboxylic acids is 1. The Morgan fingerprint density at radius 2 is 2.08 bits per heavy atom. The zero-order valence-electron chi connectivity index (χ0n) is 13.7. The summed E-state index contributed by atoms with van der Waals surface area (Å²) in [5, 5.41) is 11.3. The van der Waals surface area contributed by atoms with Gasteiger partial charge in [-0.15, -0.1) is 21.5 Å². The molecular formula is C18H15F2N3OS2. The van der Waals surface area contributed by atoms with Crippen LogP contribution in [0.3, 0.4) is 0 Å². The highest BCUT2D eigenvalue weighted by atomic mass is 32.2. The molecule has 3 aromatic rings. The molecule has 4 nitrogen and oxygen atoms in total. The summed E-state index contributed by atoms with van der Waals surface area (Å²) in [6, 6.07) is 7.67. The average Bonchev–Trinajstić information content (AvgIpc) is 3.18. The molecule has 0 saturated heterocycles. The van der Waals surface area contributed by atoms with Crippen LogP contribution >= 0.6 is 23.1 Å². The highest BCUT2D eigenvalue weighted by Gasteiger charge is 2.30. The fourth-order valence-electron chi connectivity index (χ4n) is 2.68.